The van der Waals surface area contributed by atoms with Gasteiger partial charge in [-0.25, -0.2) is 0 Å². The second-order valence-corrected chi connectivity index (χ2v) is 5.24. The molecule has 138 valence electrons. The molecule has 2 rings (SSSR count). The molecule has 0 fully saturated rings. The Hall–Kier alpha value is -0.912. The monoisotopic (exact) mass is 481 g/mol. The number of nitrogens with zero attached hydrogens (tertiary/aromatic N) is 1. The molecule has 9 heteroatoms. The summed E-state index contributed by atoms with van der Waals surface area (Å²) in [5, 5.41) is 0.791. The van der Waals surface area contributed by atoms with Gasteiger partial charge < -0.3 is 28.2 Å². The minimum absolute atomic E-state index is 0. The Labute approximate surface area is 160 Å². The molecular formula is C15H17ClF6NSb-2. The molecule has 0 heterocycles. The average Bonchev–Trinajstić information content (AvgIpc) is 2.33. The third-order valence-corrected chi connectivity index (χ3v) is 3.20. The molecule has 2 aromatic carbocycles. The number of halogens is 7. The van der Waals surface area contributed by atoms with E-state index in [2.05, 4.69) is 50.5 Å². The van der Waals surface area contributed by atoms with Crippen molar-refractivity contribution in [2.24, 2.45) is 0 Å². The van der Waals surface area contributed by atoms with Crippen molar-refractivity contribution in [3.05, 3.63) is 65.2 Å². The molecule has 0 saturated carbocycles. The van der Waals surface area contributed by atoms with Crippen LogP contribution >= 0.6 is 11.6 Å². The van der Waals surface area contributed by atoms with Gasteiger partial charge in [0.15, 0.2) is 0 Å². The minimum Gasteiger partial charge on any atom is -1.00 e. The first-order valence-corrected chi connectivity index (χ1v) is 6.09. The van der Waals surface area contributed by atoms with E-state index >= 15 is 0 Å². The summed E-state index contributed by atoms with van der Waals surface area (Å²) in [6.45, 7) is 0.960. The van der Waals surface area contributed by atoms with Gasteiger partial charge in [-0.1, -0.05) is 41.9 Å². The summed E-state index contributed by atoms with van der Waals surface area (Å²) >= 11 is 5.89. The van der Waals surface area contributed by atoms with E-state index < -0.39 is 0 Å². The molecule has 0 N–H and O–H groups in total. The second kappa shape index (κ2) is 16.9. The van der Waals surface area contributed by atoms with Crippen molar-refractivity contribution in [2.75, 3.05) is 14.1 Å². The summed E-state index contributed by atoms with van der Waals surface area (Å²) in [6.07, 6.45) is 0. The van der Waals surface area contributed by atoms with Gasteiger partial charge in [-0.15, -0.1) is 0 Å². The topological polar surface area (TPSA) is 0 Å². The van der Waals surface area contributed by atoms with E-state index in [9.17, 15) is 0 Å². The Kier molecular flexibility index (Phi) is 27.2. The van der Waals surface area contributed by atoms with Gasteiger partial charge in [0.05, 0.1) is 14.1 Å². The normalized spacial score (nSPS) is 8.12. The molecule has 0 aliphatic rings. The Balaban J connectivity index is -0.000000116. The van der Waals surface area contributed by atoms with Crippen molar-refractivity contribution in [2.45, 2.75) is 6.54 Å². The van der Waals surface area contributed by atoms with Gasteiger partial charge in [-0.3, -0.25) is 4.48 Å². The molecule has 0 amide bonds. The second-order valence-electron chi connectivity index (χ2n) is 4.81. The fourth-order valence-electron chi connectivity index (χ4n) is 1.97. The van der Waals surface area contributed by atoms with Crippen LogP contribution < -0.4 is 32.7 Å². The van der Waals surface area contributed by atoms with E-state index in [1.165, 1.54) is 11.3 Å². The Morgan fingerprint density at radius 3 is 1.54 bits per heavy atom. The molecule has 0 aliphatic heterocycles. The fraction of sp³-hybridized carbons (Fsp3) is 0.200. The first kappa shape index (κ1) is 38.6. The Morgan fingerprint density at radius 1 is 0.708 bits per heavy atom. The number of hydrogen-bond acceptors (Lipinski definition) is 0. The van der Waals surface area contributed by atoms with Crippen molar-refractivity contribution >= 4 is 41.7 Å². The van der Waals surface area contributed by atoms with Crippen molar-refractivity contribution in [1.82, 2.24) is 4.48 Å². The molecular weight excluding hydrogens is 465 g/mol. The van der Waals surface area contributed by atoms with Crippen LogP contribution in [0.1, 0.15) is 5.56 Å². The first-order chi connectivity index (χ1) is 8.08. The van der Waals surface area contributed by atoms with Crippen molar-refractivity contribution < 1.29 is 28.2 Å². The molecule has 2 radical (unpaired) electrons. The molecule has 0 bridgehead atoms. The molecule has 1 nitrogen and oxygen atoms in total. The molecule has 24 heavy (non-hydrogen) atoms. The van der Waals surface area contributed by atoms with Gasteiger partial charge in [0.25, 0.3) is 0 Å². The van der Waals surface area contributed by atoms with Crippen molar-refractivity contribution in [1.29, 1.82) is 0 Å². The molecule has 0 saturated heterocycles. The maximum absolute atomic E-state index is 5.89. The Morgan fingerprint density at radius 2 is 1.12 bits per heavy atom. The van der Waals surface area contributed by atoms with Crippen LogP contribution in [0.25, 0.3) is 0 Å². The van der Waals surface area contributed by atoms with Crippen LogP contribution in [-0.4, -0.2) is 38.5 Å². The van der Waals surface area contributed by atoms with Gasteiger partial charge >= 0.3 is 24.4 Å². The van der Waals surface area contributed by atoms with Crippen LogP contribution in [0.5, 0.6) is 0 Å². The number of benzene rings is 2. The van der Waals surface area contributed by atoms with Crippen LogP contribution in [-0.2, 0) is 6.54 Å². The van der Waals surface area contributed by atoms with Gasteiger partial charge in [0, 0.05) is 10.6 Å². The summed E-state index contributed by atoms with van der Waals surface area (Å²) in [5.41, 5.74) is 2.60. The maximum Gasteiger partial charge on any atom is 3.00 e. The average molecular weight is 483 g/mol. The fourth-order valence-corrected chi connectivity index (χ4v) is 2.10. The quantitative estimate of drug-likeness (QED) is 0.232. The van der Waals surface area contributed by atoms with Crippen molar-refractivity contribution in [3.8, 4) is 0 Å². The Bertz CT molecular complexity index is 499. The molecule has 0 spiro atoms. The maximum atomic E-state index is 5.89. The zero-order chi connectivity index (χ0) is 12.3. The smallest absolute Gasteiger partial charge is 1.00 e. The molecule has 2 aromatic rings. The molecule has 0 aliphatic carbocycles. The van der Waals surface area contributed by atoms with E-state index in [4.69, 9.17) is 11.6 Å². The number of quaternary nitrogens is 1. The summed E-state index contributed by atoms with van der Waals surface area (Å²) in [7, 11) is 4.42. The van der Waals surface area contributed by atoms with Gasteiger partial charge in [-0.2, -0.15) is 0 Å². The summed E-state index contributed by atoms with van der Waals surface area (Å²) in [6, 6.07) is 18.6. The number of rotatable bonds is 3. The van der Waals surface area contributed by atoms with Gasteiger partial charge in [-0.05, 0) is 24.3 Å². The molecule has 0 aromatic heterocycles. The first-order valence-electron chi connectivity index (χ1n) is 5.71. The van der Waals surface area contributed by atoms with Crippen LogP contribution in [0.15, 0.2) is 54.6 Å². The van der Waals surface area contributed by atoms with Crippen LogP contribution in [0.2, 0.25) is 5.02 Å². The van der Waals surface area contributed by atoms with E-state index in [0.29, 0.717) is 0 Å². The van der Waals surface area contributed by atoms with Crippen LogP contribution in [0.4, 0.5) is 5.69 Å². The third-order valence-electron chi connectivity index (χ3n) is 2.95. The zero-order valence-corrected chi connectivity index (χ0v) is 16.3. The van der Waals surface area contributed by atoms with E-state index in [1.54, 1.807) is 0 Å². The standard InChI is InChI=1S/C15H17ClN.6FH.Sb/c1-17(2,15-6-4-3-5-7-15)12-13-8-10-14(16)11-9-13;;;;;;;/h3-11H,12H2,1-2H3;6*1H;/q+1;;;;;;;+3/p-6. The SMILES string of the molecule is C[N+](C)(Cc1ccc(Cl)cc1)c1ccccc1.[F-].[F-].[F-].[F-].[F-].[F-].[Sb+3]. The number of para-hydroxylation sites is 1. The van der Waals surface area contributed by atoms with E-state index in [1.807, 2.05) is 18.2 Å². The minimum atomic E-state index is 0. The van der Waals surface area contributed by atoms with Gasteiger partial charge in [0.2, 0.25) is 0 Å². The summed E-state index contributed by atoms with van der Waals surface area (Å²) < 4.78 is 0.836. The van der Waals surface area contributed by atoms with Gasteiger partial charge in [0.1, 0.15) is 12.2 Å². The van der Waals surface area contributed by atoms with Crippen molar-refractivity contribution in [3.63, 3.8) is 0 Å². The number of hydrogen-bond donors (Lipinski definition) is 0. The third kappa shape index (κ3) is 10.8. The van der Waals surface area contributed by atoms with E-state index in [-0.39, 0.29) is 52.7 Å². The molecule has 0 unspecified atom stereocenters. The van der Waals surface area contributed by atoms with E-state index in [0.717, 1.165) is 16.1 Å². The predicted molar refractivity (Wildman–Crippen MR) is 81.0 cm³/mol. The van der Waals surface area contributed by atoms with Crippen LogP contribution in [0.3, 0.4) is 0 Å². The summed E-state index contributed by atoms with van der Waals surface area (Å²) in [4.78, 5) is 0. The zero-order valence-electron chi connectivity index (χ0n) is 12.9. The molecule has 0 atom stereocenters. The van der Waals surface area contributed by atoms with Crippen LogP contribution in [0, 0.1) is 0 Å². The predicted octanol–water partition coefficient (Wildman–Crippen LogP) is -14.2. The summed E-state index contributed by atoms with van der Waals surface area (Å²) in [5.74, 6) is 0. The largest absolute Gasteiger partial charge is 3.00 e.